The number of carbonyl (C=O) groups excluding carboxylic acids is 1. The van der Waals surface area contributed by atoms with Crippen molar-refractivity contribution < 1.29 is 19.4 Å². The minimum absolute atomic E-state index is 0.00124. The number of nitrogens with zero attached hydrogens (tertiary/aromatic N) is 1. The lowest BCUT2D eigenvalue weighted by atomic mass is 10.1. The van der Waals surface area contributed by atoms with Crippen LogP contribution in [0, 0.1) is 5.92 Å². The maximum Gasteiger partial charge on any atom is 0.335 e. The average Bonchev–Trinajstić information content (AvgIpc) is 3.20. The predicted molar refractivity (Wildman–Crippen MR) is 76.4 cm³/mol. The van der Waals surface area contributed by atoms with Crippen LogP contribution in [0.5, 0.6) is 0 Å². The van der Waals surface area contributed by atoms with Gasteiger partial charge in [0.15, 0.2) is 0 Å². The summed E-state index contributed by atoms with van der Waals surface area (Å²) in [6, 6.07) is 6.52. The Morgan fingerprint density at radius 2 is 1.81 bits per heavy atom. The average molecular weight is 289 g/mol. The van der Waals surface area contributed by atoms with E-state index in [2.05, 4.69) is 0 Å². The van der Waals surface area contributed by atoms with Gasteiger partial charge in [0.05, 0.1) is 12.2 Å². The van der Waals surface area contributed by atoms with Gasteiger partial charge in [-0.25, -0.2) is 4.79 Å². The predicted octanol–water partition coefficient (Wildman–Crippen LogP) is 2.03. The molecule has 1 aliphatic carbocycles. The normalized spacial score (nSPS) is 21.2. The molecule has 5 nitrogen and oxygen atoms in total. The lowest BCUT2D eigenvalue weighted by molar-refractivity contribution is 0.0687. The summed E-state index contributed by atoms with van der Waals surface area (Å²) in [5.74, 6) is -0.551. The third-order valence-electron chi connectivity index (χ3n) is 4.11. The molecule has 1 amide bonds. The number of carboxylic acid groups (broad SMARTS) is 1. The highest BCUT2D eigenvalue weighted by molar-refractivity contribution is 5.96. The molecule has 1 saturated heterocycles. The molecule has 0 bridgehead atoms. The van der Waals surface area contributed by atoms with E-state index in [4.69, 9.17) is 9.84 Å². The van der Waals surface area contributed by atoms with Crippen LogP contribution in [0.15, 0.2) is 24.3 Å². The topological polar surface area (TPSA) is 66.8 Å². The molecule has 112 valence electrons. The van der Waals surface area contributed by atoms with Gasteiger partial charge in [0, 0.05) is 30.7 Å². The molecule has 2 fully saturated rings. The summed E-state index contributed by atoms with van der Waals surface area (Å²) < 4.78 is 5.38. The van der Waals surface area contributed by atoms with Gasteiger partial charge in [0.1, 0.15) is 0 Å². The number of hydrogen-bond acceptors (Lipinski definition) is 3. The number of amides is 1. The van der Waals surface area contributed by atoms with E-state index >= 15 is 0 Å². The lowest BCUT2D eigenvalue weighted by Gasteiger charge is -2.25. The molecular weight excluding hydrogens is 270 g/mol. The van der Waals surface area contributed by atoms with Gasteiger partial charge in [-0.15, -0.1) is 0 Å². The molecule has 1 heterocycles. The third kappa shape index (κ3) is 3.24. The fraction of sp³-hybridized carbons (Fsp3) is 0.500. The van der Waals surface area contributed by atoms with Gasteiger partial charge in [-0.3, -0.25) is 4.79 Å². The summed E-state index contributed by atoms with van der Waals surface area (Å²) in [6.07, 6.45) is 3.13. The minimum Gasteiger partial charge on any atom is -0.478 e. The number of aromatic carboxylic acids is 1. The first-order valence-electron chi connectivity index (χ1n) is 7.37. The molecule has 3 rings (SSSR count). The molecule has 1 N–H and O–H groups in total. The molecule has 1 aliphatic heterocycles. The first-order valence-corrected chi connectivity index (χ1v) is 7.37. The van der Waals surface area contributed by atoms with Crippen LogP contribution in [-0.2, 0) is 4.74 Å². The van der Waals surface area contributed by atoms with Crippen molar-refractivity contribution in [2.24, 2.45) is 5.92 Å². The van der Waals surface area contributed by atoms with Crippen LogP contribution >= 0.6 is 0 Å². The molecule has 1 atom stereocenters. The number of carboxylic acids is 1. The smallest absolute Gasteiger partial charge is 0.335 e. The zero-order chi connectivity index (χ0) is 14.8. The van der Waals surface area contributed by atoms with Crippen molar-refractivity contribution in [2.75, 3.05) is 19.8 Å². The van der Waals surface area contributed by atoms with E-state index < -0.39 is 5.97 Å². The zero-order valence-electron chi connectivity index (χ0n) is 11.8. The summed E-state index contributed by atoms with van der Waals surface area (Å²) in [6.45, 7) is 2.25. The zero-order valence-corrected chi connectivity index (χ0v) is 11.8. The highest BCUT2D eigenvalue weighted by Gasteiger charge is 2.35. The van der Waals surface area contributed by atoms with E-state index in [9.17, 15) is 9.59 Å². The molecule has 0 aromatic heterocycles. The van der Waals surface area contributed by atoms with Crippen molar-refractivity contribution in [3.63, 3.8) is 0 Å². The number of hydrogen-bond donors (Lipinski definition) is 1. The number of carbonyl (C=O) groups is 2. The van der Waals surface area contributed by atoms with E-state index in [-0.39, 0.29) is 11.5 Å². The first-order chi connectivity index (χ1) is 10.1. The Kier molecular flexibility index (Phi) is 3.92. The second-order valence-corrected chi connectivity index (χ2v) is 5.80. The Hall–Kier alpha value is -1.88. The maximum atomic E-state index is 12.6. The number of ether oxygens (including phenoxy) is 1. The highest BCUT2D eigenvalue weighted by atomic mass is 16.5. The Balaban J connectivity index is 1.72. The van der Waals surface area contributed by atoms with Crippen molar-refractivity contribution in [1.29, 1.82) is 0 Å². The van der Waals surface area contributed by atoms with Gasteiger partial charge in [-0.05, 0) is 43.5 Å². The first kappa shape index (κ1) is 14.1. The van der Waals surface area contributed by atoms with Crippen molar-refractivity contribution in [1.82, 2.24) is 4.90 Å². The molecule has 0 spiro atoms. The fourth-order valence-corrected chi connectivity index (χ4v) is 2.71. The van der Waals surface area contributed by atoms with Crippen molar-refractivity contribution in [3.05, 3.63) is 35.4 Å². The van der Waals surface area contributed by atoms with E-state index in [1.165, 1.54) is 12.1 Å². The van der Waals surface area contributed by atoms with Crippen molar-refractivity contribution >= 4 is 11.9 Å². The van der Waals surface area contributed by atoms with Crippen molar-refractivity contribution in [3.8, 4) is 0 Å². The standard InChI is InChI=1S/C16H19NO4/c18-15(12-1-3-13(4-2-12)16(19)20)17(14-5-6-14)9-11-7-8-21-10-11/h1-4,11,14H,5-10H2,(H,19,20)/t11-/m0/s1. The summed E-state index contributed by atoms with van der Waals surface area (Å²) in [5, 5.41) is 8.90. The van der Waals surface area contributed by atoms with Gasteiger partial charge >= 0.3 is 5.97 Å². The SMILES string of the molecule is O=C(O)c1ccc(C(=O)N(C[C@@H]2CCOC2)C2CC2)cc1. The Labute approximate surface area is 123 Å². The number of benzene rings is 1. The van der Waals surface area contributed by atoms with Gasteiger partial charge in [0.2, 0.25) is 0 Å². The van der Waals surface area contributed by atoms with E-state index in [1.54, 1.807) is 12.1 Å². The van der Waals surface area contributed by atoms with E-state index in [0.29, 0.717) is 17.5 Å². The molecule has 5 heteroatoms. The largest absolute Gasteiger partial charge is 0.478 e. The van der Waals surface area contributed by atoms with E-state index in [1.807, 2.05) is 4.90 Å². The second-order valence-electron chi connectivity index (χ2n) is 5.80. The third-order valence-corrected chi connectivity index (χ3v) is 4.11. The van der Waals surface area contributed by atoms with Crippen LogP contribution in [0.4, 0.5) is 0 Å². The van der Waals surface area contributed by atoms with Gasteiger partial charge in [-0.2, -0.15) is 0 Å². The molecular formula is C16H19NO4. The quantitative estimate of drug-likeness (QED) is 0.900. The molecule has 1 aromatic rings. The molecule has 1 saturated carbocycles. The summed E-state index contributed by atoms with van der Waals surface area (Å²) >= 11 is 0. The van der Waals surface area contributed by atoms with Gasteiger partial charge in [0.25, 0.3) is 5.91 Å². The fourth-order valence-electron chi connectivity index (χ4n) is 2.71. The van der Waals surface area contributed by atoms with Crippen LogP contribution in [0.2, 0.25) is 0 Å². The molecule has 0 radical (unpaired) electrons. The molecule has 2 aliphatic rings. The summed E-state index contributed by atoms with van der Waals surface area (Å²) in [7, 11) is 0. The van der Waals surface area contributed by atoms with Crippen LogP contribution in [0.1, 0.15) is 40.0 Å². The summed E-state index contributed by atoms with van der Waals surface area (Å²) in [4.78, 5) is 25.4. The van der Waals surface area contributed by atoms with Gasteiger partial charge in [-0.1, -0.05) is 0 Å². The van der Waals surface area contributed by atoms with Crippen LogP contribution in [-0.4, -0.2) is 47.7 Å². The maximum absolute atomic E-state index is 12.6. The van der Waals surface area contributed by atoms with Crippen LogP contribution < -0.4 is 0 Å². The Bertz CT molecular complexity index is 530. The van der Waals surface area contributed by atoms with Crippen LogP contribution in [0.25, 0.3) is 0 Å². The summed E-state index contributed by atoms with van der Waals surface area (Å²) in [5.41, 5.74) is 0.763. The second kappa shape index (κ2) is 5.85. The Morgan fingerprint density at radius 3 is 2.33 bits per heavy atom. The number of rotatable bonds is 5. The molecule has 21 heavy (non-hydrogen) atoms. The monoisotopic (exact) mass is 289 g/mol. The Morgan fingerprint density at radius 1 is 1.14 bits per heavy atom. The van der Waals surface area contributed by atoms with Crippen molar-refractivity contribution in [2.45, 2.75) is 25.3 Å². The van der Waals surface area contributed by atoms with Crippen LogP contribution in [0.3, 0.4) is 0 Å². The molecule has 0 unspecified atom stereocenters. The molecule has 1 aromatic carbocycles. The van der Waals surface area contributed by atoms with E-state index in [0.717, 1.165) is 39.0 Å². The minimum atomic E-state index is -0.976. The highest BCUT2D eigenvalue weighted by Crippen LogP contribution is 2.30. The van der Waals surface area contributed by atoms with Gasteiger partial charge < -0.3 is 14.7 Å². The lowest BCUT2D eigenvalue weighted by Crippen LogP contribution is -2.37.